The van der Waals surface area contributed by atoms with E-state index in [1.807, 2.05) is 18.0 Å². The Bertz CT molecular complexity index is 331. The van der Waals surface area contributed by atoms with Crippen molar-refractivity contribution in [2.24, 2.45) is 0 Å². The van der Waals surface area contributed by atoms with Crippen LogP contribution in [0.15, 0.2) is 12.4 Å². The van der Waals surface area contributed by atoms with Gasteiger partial charge in [-0.3, -0.25) is 0 Å². The predicted octanol–water partition coefficient (Wildman–Crippen LogP) is 3.55. The van der Waals surface area contributed by atoms with Crippen molar-refractivity contribution in [1.29, 1.82) is 0 Å². The number of thioether (sulfide) groups is 1. The van der Waals surface area contributed by atoms with Crippen LogP contribution in [0.3, 0.4) is 0 Å². The van der Waals surface area contributed by atoms with Gasteiger partial charge in [0.1, 0.15) is 0 Å². The highest BCUT2D eigenvalue weighted by molar-refractivity contribution is 7.98. The Morgan fingerprint density at radius 1 is 1.47 bits per heavy atom. The molecule has 0 amide bonds. The highest BCUT2D eigenvalue weighted by atomic mass is 32.2. The molecule has 3 nitrogen and oxygen atoms in total. The Hall–Kier alpha value is -0.640. The minimum absolute atomic E-state index is 0.481. The van der Waals surface area contributed by atoms with E-state index in [1.54, 1.807) is 0 Å². The molecule has 1 heterocycles. The summed E-state index contributed by atoms with van der Waals surface area (Å²) in [6.45, 7) is 2.22. The van der Waals surface area contributed by atoms with Crippen LogP contribution in [0, 0.1) is 0 Å². The number of imidazole rings is 1. The molecule has 1 fully saturated rings. The molecule has 0 bridgehead atoms. The van der Waals surface area contributed by atoms with Crippen molar-refractivity contribution >= 4 is 17.7 Å². The molecule has 1 aromatic rings. The van der Waals surface area contributed by atoms with Crippen LogP contribution in [0.1, 0.15) is 45.1 Å². The van der Waals surface area contributed by atoms with Crippen molar-refractivity contribution in [1.82, 2.24) is 9.55 Å². The maximum Gasteiger partial charge on any atom is 0.203 e. The Balaban J connectivity index is 2.00. The van der Waals surface area contributed by atoms with Gasteiger partial charge in [0.25, 0.3) is 0 Å². The standard InChI is InChI=1S/C13H23N3S/c1-11(10-17-2)15-13-14-8-9-16(13)12-6-4-3-5-7-12/h8-9,11-12H,3-7,10H2,1-2H3,(H,14,15). The van der Waals surface area contributed by atoms with E-state index in [4.69, 9.17) is 0 Å². The van der Waals surface area contributed by atoms with E-state index in [0.717, 1.165) is 11.7 Å². The summed E-state index contributed by atoms with van der Waals surface area (Å²) in [6, 6.07) is 1.14. The zero-order valence-corrected chi connectivity index (χ0v) is 11.7. The highest BCUT2D eigenvalue weighted by Crippen LogP contribution is 2.30. The molecule has 1 aliphatic rings. The van der Waals surface area contributed by atoms with Crippen molar-refractivity contribution in [2.75, 3.05) is 17.3 Å². The summed E-state index contributed by atoms with van der Waals surface area (Å²) in [6.07, 6.45) is 12.9. The van der Waals surface area contributed by atoms with Gasteiger partial charge in [-0.1, -0.05) is 19.3 Å². The van der Waals surface area contributed by atoms with E-state index in [2.05, 4.69) is 34.2 Å². The predicted molar refractivity (Wildman–Crippen MR) is 75.8 cm³/mol. The van der Waals surface area contributed by atoms with E-state index < -0.39 is 0 Å². The van der Waals surface area contributed by atoms with E-state index in [9.17, 15) is 0 Å². The molecule has 0 aromatic carbocycles. The van der Waals surface area contributed by atoms with Gasteiger partial charge in [0.05, 0.1) is 0 Å². The third-order valence-electron chi connectivity index (χ3n) is 3.43. The fraction of sp³-hybridized carbons (Fsp3) is 0.769. The quantitative estimate of drug-likeness (QED) is 0.870. The van der Waals surface area contributed by atoms with Crippen LogP contribution in [0.2, 0.25) is 0 Å². The van der Waals surface area contributed by atoms with Crippen molar-refractivity contribution in [3.8, 4) is 0 Å². The van der Waals surface area contributed by atoms with Crippen molar-refractivity contribution in [3.63, 3.8) is 0 Å². The second-order valence-electron chi connectivity index (χ2n) is 4.95. The van der Waals surface area contributed by atoms with Crippen molar-refractivity contribution < 1.29 is 0 Å². The summed E-state index contributed by atoms with van der Waals surface area (Å²) >= 11 is 1.87. The lowest BCUT2D eigenvalue weighted by Crippen LogP contribution is -2.22. The Labute approximate surface area is 108 Å². The average Bonchev–Trinajstić information content (AvgIpc) is 2.78. The Kier molecular flexibility index (Phi) is 4.77. The van der Waals surface area contributed by atoms with Crippen molar-refractivity contribution in [2.45, 2.75) is 51.1 Å². The average molecular weight is 253 g/mol. The lowest BCUT2D eigenvalue weighted by molar-refractivity contribution is 0.355. The van der Waals surface area contributed by atoms with Crippen LogP contribution in [-0.2, 0) is 0 Å². The molecule has 1 unspecified atom stereocenters. The largest absolute Gasteiger partial charge is 0.352 e. The molecule has 1 aliphatic carbocycles. The number of anilines is 1. The summed E-state index contributed by atoms with van der Waals surface area (Å²) in [7, 11) is 0. The minimum Gasteiger partial charge on any atom is -0.352 e. The van der Waals surface area contributed by atoms with Crippen LogP contribution in [0.5, 0.6) is 0 Å². The molecule has 4 heteroatoms. The van der Waals surface area contributed by atoms with Crippen LogP contribution >= 0.6 is 11.8 Å². The molecule has 17 heavy (non-hydrogen) atoms. The van der Waals surface area contributed by atoms with Gasteiger partial charge in [0.15, 0.2) is 0 Å². The van der Waals surface area contributed by atoms with E-state index in [0.29, 0.717) is 12.1 Å². The van der Waals surface area contributed by atoms with Crippen LogP contribution < -0.4 is 5.32 Å². The third kappa shape index (κ3) is 3.41. The zero-order valence-electron chi connectivity index (χ0n) is 10.9. The second-order valence-corrected chi connectivity index (χ2v) is 5.86. The van der Waals surface area contributed by atoms with Crippen LogP contribution in [-0.4, -0.2) is 27.6 Å². The monoisotopic (exact) mass is 253 g/mol. The van der Waals surface area contributed by atoms with Gasteiger partial charge < -0.3 is 9.88 Å². The molecule has 96 valence electrons. The van der Waals surface area contributed by atoms with Crippen LogP contribution in [0.25, 0.3) is 0 Å². The van der Waals surface area contributed by atoms with Gasteiger partial charge in [0.2, 0.25) is 5.95 Å². The third-order valence-corrected chi connectivity index (χ3v) is 4.26. The highest BCUT2D eigenvalue weighted by Gasteiger charge is 2.18. The molecule has 0 spiro atoms. The van der Waals surface area contributed by atoms with Gasteiger partial charge in [-0.05, 0) is 26.0 Å². The number of nitrogens with one attached hydrogen (secondary N) is 1. The first-order valence-electron chi connectivity index (χ1n) is 6.59. The number of hydrogen-bond acceptors (Lipinski definition) is 3. The maximum atomic E-state index is 4.46. The Morgan fingerprint density at radius 3 is 2.94 bits per heavy atom. The first kappa shape index (κ1) is 12.8. The zero-order chi connectivity index (χ0) is 12.1. The molecule has 0 saturated heterocycles. The lowest BCUT2D eigenvalue weighted by Gasteiger charge is -2.25. The summed E-state index contributed by atoms with van der Waals surface area (Å²) in [4.78, 5) is 4.46. The van der Waals surface area contributed by atoms with E-state index >= 15 is 0 Å². The van der Waals surface area contributed by atoms with Gasteiger partial charge in [0, 0.05) is 30.2 Å². The molecule has 0 radical (unpaired) electrons. The molecular weight excluding hydrogens is 230 g/mol. The molecule has 0 aliphatic heterocycles. The topological polar surface area (TPSA) is 29.9 Å². The lowest BCUT2D eigenvalue weighted by atomic mass is 9.95. The second kappa shape index (κ2) is 6.34. The summed E-state index contributed by atoms with van der Waals surface area (Å²) in [5.74, 6) is 2.18. The van der Waals surface area contributed by atoms with Gasteiger partial charge in [-0.15, -0.1) is 0 Å². The summed E-state index contributed by atoms with van der Waals surface area (Å²) in [5, 5.41) is 3.52. The smallest absolute Gasteiger partial charge is 0.203 e. The molecular formula is C13H23N3S. The van der Waals surface area contributed by atoms with Gasteiger partial charge in [-0.25, -0.2) is 4.98 Å². The van der Waals surface area contributed by atoms with Crippen molar-refractivity contribution in [3.05, 3.63) is 12.4 Å². The minimum atomic E-state index is 0.481. The summed E-state index contributed by atoms with van der Waals surface area (Å²) in [5.41, 5.74) is 0. The first-order chi connectivity index (χ1) is 8.31. The van der Waals surface area contributed by atoms with E-state index in [-0.39, 0.29) is 0 Å². The normalized spacial score (nSPS) is 19.2. The fourth-order valence-corrected chi connectivity index (χ4v) is 3.17. The SMILES string of the molecule is CSCC(C)Nc1nccn1C1CCCCC1. The molecule has 1 saturated carbocycles. The first-order valence-corrected chi connectivity index (χ1v) is 7.99. The molecule has 1 aromatic heterocycles. The maximum absolute atomic E-state index is 4.46. The molecule has 1 atom stereocenters. The molecule has 2 rings (SSSR count). The fourth-order valence-electron chi connectivity index (χ4n) is 2.59. The van der Waals surface area contributed by atoms with E-state index in [1.165, 1.54) is 32.1 Å². The summed E-state index contributed by atoms with van der Waals surface area (Å²) < 4.78 is 2.34. The number of aromatic nitrogens is 2. The number of nitrogens with zero attached hydrogens (tertiary/aromatic N) is 2. The number of hydrogen-bond donors (Lipinski definition) is 1. The van der Waals surface area contributed by atoms with Crippen LogP contribution in [0.4, 0.5) is 5.95 Å². The molecule has 1 N–H and O–H groups in total. The number of rotatable bonds is 5. The Morgan fingerprint density at radius 2 is 2.24 bits per heavy atom. The van der Waals surface area contributed by atoms with Gasteiger partial charge in [-0.2, -0.15) is 11.8 Å². The van der Waals surface area contributed by atoms with Gasteiger partial charge >= 0.3 is 0 Å².